The summed E-state index contributed by atoms with van der Waals surface area (Å²) in [5.41, 5.74) is 4.19. The van der Waals surface area contributed by atoms with Crippen LogP contribution in [-0.4, -0.2) is 6.54 Å². The number of fused-ring (bicyclic) bond motifs is 1. The van der Waals surface area contributed by atoms with E-state index in [-0.39, 0.29) is 1.43 Å². The Morgan fingerprint density at radius 1 is 1.33 bits per heavy atom. The Hall–Kier alpha value is -0.980. The number of rotatable bonds is 0. The lowest BCUT2D eigenvalue weighted by atomic mass is 10.1. The fraction of sp³-hybridized carbons (Fsp3) is 0.455. The molecular formula is C11H17N. The molecule has 1 aliphatic rings. The van der Waals surface area contributed by atoms with Crippen LogP contribution < -0.4 is 5.32 Å². The third-order valence-electron chi connectivity index (χ3n) is 2.45. The molecule has 0 aromatic heterocycles. The number of anilines is 1. The molecule has 0 amide bonds. The van der Waals surface area contributed by atoms with E-state index in [9.17, 15) is 0 Å². The fourth-order valence-corrected chi connectivity index (χ4v) is 1.74. The van der Waals surface area contributed by atoms with Crippen molar-refractivity contribution < 1.29 is 1.43 Å². The van der Waals surface area contributed by atoms with Crippen molar-refractivity contribution in [3.8, 4) is 0 Å². The van der Waals surface area contributed by atoms with Gasteiger partial charge in [-0.1, -0.05) is 12.1 Å². The molecule has 0 bridgehead atoms. The first kappa shape index (κ1) is 7.66. The summed E-state index contributed by atoms with van der Waals surface area (Å²) in [5, 5.41) is 3.47. The molecule has 1 aliphatic heterocycles. The lowest BCUT2D eigenvalue weighted by molar-refractivity contribution is 0.785. The van der Waals surface area contributed by atoms with Gasteiger partial charge in [0.25, 0.3) is 0 Å². The molecule has 0 spiro atoms. The average molecular weight is 163 g/mol. The maximum atomic E-state index is 3.47. The first-order valence-corrected chi connectivity index (χ1v) is 4.70. The quantitative estimate of drug-likeness (QED) is 0.620. The zero-order chi connectivity index (χ0) is 8.39. The number of benzene rings is 1. The molecule has 0 radical (unpaired) electrons. The van der Waals surface area contributed by atoms with E-state index in [1.165, 1.54) is 36.1 Å². The second-order valence-corrected chi connectivity index (χ2v) is 3.54. The molecule has 1 heteroatoms. The third-order valence-corrected chi connectivity index (χ3v) is 2.45. The molecule has 1 N–H and O–H groups in total. The predicted molar refractivity (Wildman–Crippen MR) is 54.7 cm³/mol. The van der Waals surface area contributed by atoms with Gasteiger partial charge in [-0.2, -0.15) is 0 Å². The van der Waals surface area contributed by atoms with E-state index in [2.05, 4.69) is 30.4 Å². The second-order valence-electron chi connectivity index (χ2n) is 3.54. The van der Waals surface area contributed by atoms with Crippen LogP contribution in [0.5, 0.6) is 0 Å². The van der Waals surface area contributed by atoms with E-state index < -0.39 is 0 Å². The fourth-order valence-electron chi connectivity index (χ4n) is 1.74. The van der Waals surface area contributed by atoms with Crippen LogP contribution in [0.1, 0.15) is 25.4 Å². The Labute approximate surface area is 75.3 Å². The smallest absolute Gasteiger partial charge is 0.0375 e. The summed E-state index contributed by atoms with van der Waals surface area (Å²) in [6.45, 7) is 3.28. The van der Waals surface area contributed by atoms with Crippen molar-refractivity contribution in [1.82, 2.24) is 0 Å². The molecule has 66 valence electrons. The van der Waals surface area contributed by atoms with E-state index in [0.717, 1.165) is 6.54 Å². The zero-order valence-electron chi connectivity index (χ0n) is 7.56. The number of hydrogen-bond acceptors (Lipinski definition) is 1. The Kier molecular flexibility index (Phi) is 2.03. The highest BCUT2D eigenvalue weighted by Gasteiger charge is 2.05. The van der Waals surface area contributed by atoms with Crippen LogP contribution in [0, 0.1) is 6.92 Å². The van der Waals surface area contributed by atoms with Crippen LogP contribution in [0.25, 0.3) is 0 Å². The molecule has 1 aromatic carbocycles. The summed E-state index contributed by atoms with van der Waals surface area (Å²) in [6, 6.07) is 6.70. The van der Waals surface area contributed by atoms with Gasteiger partial charge in [-0.05, 0) is 43.4 Å². The van der Waals surface area contributed by atoms with E-state index >= 15 is 0 Å². The third kappa shape index (κ3) is 1.45. The van der Waals surface area contributed by atoms with Gasteiger partial charge >= 0.3 is 0 Å². The minimum atomic E-state index is 0. The van der Waals surface area contributed by atoms with Crippen LogP contribution in [-0.2, 0) is 6.42 Å². The minimum Gasteiger partial charge on any atom is -0.385 e. The SMILES string of the molecule is Cc1ccc2c(c1)NCCCC2.[HH]. The predicted octanol–water partition coefficient (Wildman–Crippen LogP) is 2.99. The van der Waals surface area contributed by atoms with E-state index in [4.69, 9.17) is 0 Å². The lowest BCUT2D eigenvalue weighted by Crippen LogP contribution is -1.99. The van der Waals surface area contributed by atoms with Crippen molar-refractivity contribution in [2.24, 2.45) is 0 Å². The first-order chi connectivity index (χ1) is 5.86. The highest BCUT2D eigenvalue weighted by atomic mass is 14.9. The molecule has 12 heavy (non-hydrogen) atoms. The summed E-state index contributed by atoms with van der Waals surface area (Å²) >= 11 is 0. The molecule has 1 nitrogen and oxygen atoms in total. The molecule has 0 atom stereocenters. The second kappa shape index (κ2) is 3.18. The van der Waals surface area contributed by atoms with Gasteiger partial charge in [-0.15, -0.1) is 0 Å². The van der Waals surface area contributed by atoms with Gasteiger partial charge < -0.3 is 5.32 Å². The molecule has 0 saturated carbocycles. The van der Waals surface area contributed by atoms with Gasteiger partial charge in [0.2, 0.25) is 0 Å². The molecule has 0 unspecified atom stereocenters. The summed E-state index contributed by atoms with van der Waals surface area (Å²) in [4.78, 5) is 0. The largest absolute Gasteiger partial charge is 0.385 e. The van der Waals surface area contributed by atoms with Crippen molar-refractivity contribution in [2.75, 3.05) is 11.9 Å². The lowest BCUT2D eigenvalue weighted by Gasteiger charge is -2.07. The Bertz CT molecular complexity index is 283. The van der Waals surface area contributed by atoms with Crippen molar-refractivity contribution in [2.45, 2.75) is 26.2 Å². The van der Waals surface area contributed by atoms with Crippen LogP contribution in [0.4, 0.5) is 5.69 Å². The van der Waals surface area contributed by atoms with Gasteiger partial charge in [0.1, 0.15) is 0 Å². The van der Waals surface area contributed by atoms with Crippen molar-refractivity contribution >= 4 is 5.69 Å². The summed E-state index contributed by atoms with van der Waals surface area (Å²) in [6.07, 6.45) is 3.86. The van der Waals surface area contributed by atoms with Gasteiger partial charge in [-0.25, -0.2) is 0 Å². The normalized spacial score (nSPS) is 16.1. The van der Waals surface area contributed by atoms with E-state index in [1.807, 2.05) is 0 Å². The molecule has 0 saturated heterocycles. The van der Waals surface area contributed by atoms with E-state index in [0.29, 0.717) is 0 Å². The Morgan fingerprint density at radius 3 is 3.17 bits per heavy atom. The molecule has 1 aromatic rings. The maximum Gasteiger partial charge on any atom is 0.0375 e. The van der Waals surface area contributed by atoms with Crippen molar-refractivity contribution in [1.29, 1.82) is 0 Å². The van der Waals surface area contributed by atoms with Gasteiger partial charge in [0.15, 0.2) is 0 Å². The number of aryl methyl sites for hydroxylation is 2. The van der Waals surface area contributed by atoms with Crippen molar-refractivity contribution in [3.05, 3.63) is 29.3 Å². The van der Waals surface area contributed by atoms with Gasteiger partial charge in [-0.3, -0.25) is 0 Å². The summed E-state index contributed by atoms with van der Waals surface area (Å²) in [5.74, 6) is 0. The molecule has 1 heterocycles. The summed E-state index contributed by atoms with van der Waals surface area (Å²) < 4.78 is 0. The minimum absolute atomic E-state index is 0. The van der Waals surface area contributed by atoms with Crippen LogP contribution in [0.3, 0.4) is 0 Å². The highest BCUT2D eigenvalue weighted by Crippen LogP contribution is 2.22. The summed E-state index contributed by atoms with van der Waals surface area (Å²) in [7, 11) is 0. The van der Waals surface area contributed by atoms with Crippen LogP contribution in [0.2, 0.25) is 0 Å². The zero-order valence-corrected chi connectivity index (χ0v) is 7.56. The first-order valence-electron chi connectivity index (χ1n) is 4.70. The molecular weight excluding hydrogens is 146 g/mol. The maximum absolute atomic E-state index is 3.47. The standard InChI is InChI=1S/C11H15N.H2/c1-9-5-6-10-4-2-3-7-12-11(10)8-9;/h5-6,8,12H,2-4,7H2,1H3;1H. The van der Waals surface area contributed by atoms with Crippen LogP contribution in [0.15, 0.2) is 18.2 Å². The van der Waals surface area contributed by atoms with E-state index in [1.54, 1.807) is 0 Å². The average Bonchev–Trinajstić information content (AvgIpc) is 2.28. The van der Waals surface area contributed by atoms with Gasteiger partial charge in [0, 0.05) is 13.7 Å². The highest BCUT2D eigenvalue weighted by molar-refractivity contribution is 5.53. The molecule has 0 aliphatic carbocycles. The monoisotopic (exact) mass is 163 g/mol. The topological polar surface area (TPSA) is 12.0 Å². The molecule has 0 fully saturated rings. The van der Waals surface area contributed by atoms with Crippen LogP contribution >= 0.6 is 0 Å². The number of hydrogen-bond donors (Lipinski definition) is 1. The van der Waals surface area contributed by atoms with Crippen molar-refractivity contribution in [3.63, 3.8) is 0 Å². The van der Waals surface area contributed by atoms with Gasteiger partial charge in [0.05, 0.1) is 0 Å². The Balaban J connectivity index is 0.000000845. The Morgan fingerprint density at radius 2 is 2.25 bits per heavy atom. The molecule has 2 rings (SSSR count). The number of nitrogens with one attached hydrogen (secondary N) is 1.